The molecule has 5 heteroatoms. The fraction of sp³-hybridized carbons (Fsp3) is 0.517. The van der Waals surface area contributed by atoms with Gasteiger partial charge in [0.25, 0.3) is 0 Å². The van der Waals surface area contributed by atoms with Gasteiger partial charge in [-0.15, -0.1) is 0 Å². The molecule has 5 rings (SSSR count). The van der Waals surface area contributed by atoms with Gasteiger partial charge in [0.1, 0.15) is 12.4 Å². The molecule has 0 radical (unpaired) electrons. The number of hydrogen-bond donors (Lipinski definition) is 0. The number of nitrogens with zero attached hydrogens (tertiary/aromatic N) is 1. The minimum atomic E-state index is -0.277. The summed E-state index contributed by atoms with van der Waals surface area (Å²) in [6.07, 6.45) is 2.57. The minimum absolute atomic E-state index is 0.0129. The van der Waals surface area contributed by atoms with Gasteiger partial charge < -0.3 is 9.47 Å². The highest BCUT2D eigenvalue weighted by molar-refractivity contribution is 5.82. The van der Waals surface area contributed by atoms with Gasteiger partial charge in [0.15, 0.2) is 0 Å². The largest absolute Gasteiger partial charge is 0.448 e. The van der Waals surface area contributed by atoms with Crippen molar-refractivity contribution >= 4 is 11.9 Å². The van der Waals surface area contributed by atoms with E-state index in [1.165, 1.54) is 22.3 Å². The fourth-order valence-corrected chi connectivity index (χ4v) is 5.85. The van der Waals surface area contributed by atoms with Gasteiger partial charge in [-0.3, -0.25) is 9.69 Å². The second kappa shape index (κ2) is 9.18. The molecule has 2 fully saturated rings. The predicted octanol–water partition coefficient (Wildman–Crippen LogP) is 5.81. The van der Waals surface area contributed by atoms with Crippen molar-refractivity contribution in [2.45, 2.75) is 64.5 Å². The second-order valence-electron chi connectivity index (χ2n) is 11.3. The second-order valence-corrected chi connectivity index (χ2v) is 11.3. The molecule has 2 aromatic rings. The lowest BCUT2D eigenvalue weighted by atomic mass is 9.79. The first-order valence-electron chi connectivity index (χ1n) is 12.6. The lowest BCUT2D eigenvalue weighted by Gasteiger charge is -2.47. The molecule has 5 nitrogen and oxygen atoms in total. The molecule has 1 aliphatic carbocycles. The third-order valence-corrected chi connectivity index (χ3v) is 7.64. The van der Waals surface area contributed by atoms with Gasteiger partial charge in [0, 0.05) is 18.3 Å². The Bertz CT molecular complexity index is 1010. The number of amides is 1. The number of ether oxygens (including phenoxy) is 2. The molecule has 2 saturated heterocycles. The number of benzene rings is 2. The van der Waals surface area contributed by atoms with Gasteiger partial charge in [0.05, 0.1) is 25.3 Å². The smallest absolute Gasteiger partial charge is 0.410 e. The van der Waals surface area contributed by atoms with Crippen LogP contribution in [0.3, 0.4) is 0 Å². The van der Waals surface area contributed by atoms with Crippen LogP contribution in [0.1, 0.15) is 63.5 Å². The molecular weight excluding hydrogens is 426 g/mol. The molecule has 2 bridgehead atoms. The molecule has 0 aromatic heterocycles. The molecule has 2 heterocycles. The van der Waals surface area contributed by atoms with E-state index in [1.807, 2.05) is 17.0 Å². The predicted molar refractivity (Wildman–Crippen MR) is 132 cm³/mol. The highest BCUT2D eigenvalue weighted by Crippen LogP contribution is 2.44. The summed E-state index contributed by atoms with van der Waals surface area (Å²) in [5, 5.41) is 0. The van der Waals surface area contributed by atoms with Gasteiger partial charge in [0.2, 0.25) is 0 Å². The molecule has 2 atom stereocenters. The monoisotopic (exact) mass is 461 g/mol. The van der Waals surface area contributed by atoms with E-state index >= 15 is 0 Å². The van der Waals surface area contributed by atoms with Gasteiger partial charge in [-0.25, -0.2) is 4.79 Å². The van der Waals surface area contributed by atoms with Gasteiger partial charge in [-0.2, -0.15) is 0 Å². The van der Waals surface area contributed by atoms with Crippen LogP contribution >= 0.6 is 0 Å². The van der Waals surface area contributed by atoms with Crippen LogP contribution in [0, 0.1) is 11.3 Å². The quantitative estimate of drug-likeness (QED) is 0.564. The SMILES string of the molecule is CC(C)(C)CCC(=O)C1CC2COCC(C1)N2C(=O)OCC1c2ccccc2-c2ccccc21. The number of carbonyl (C=O) groups excluding carboxylic acids is 2. The molecular formula is C29H35NO4. The van der Waals surface area contributed by atoms with Gasteiger partial charge in [-0.1, -0.05) is 69.3 Å². The maximum absolute atomic E-state index is 13.3. The summed E-state index contributed by atoms with van der Waals surface area (Å²) in [5.74, 6) is 0.391. The number of rotatable bonds is 5. The third-order valence-electron chi connectivity index (χ3n) is 7.64. The summed E-state index contributed by atoms with van der Waals surface area (Å²) in [5.41, 5.74) is 5.01. The maximum Gasteiger partial charge on any atom is 0.410 e. The average Bonchev–Trinajstić information content (AvgIpc) is 3.13. The Hall–Kier alpha value is -2.66. The lowest BCUT2D eigenvalue weighted by Crippen LogP contribution is -2.60. The first kappa shape index (κ1) is 23.1. The molecule has 34 heavy (non-hydrogen) atoms. The molecule has 2 unspecified atom stereocenters. The fourth-order valence-electron chi connectivity index (χ4n) is 5.85. The number of carbonyl (C=O) groups is 2. The van der Waals surface area contributed by atoms with Crippen LogP contribution < -0.4 is 0 Å². The Balaban J connectivity index is 1.25. The topological polar surface area (TPSA) is 55.8 Å². The van der Waals surface area contributed by atoms with Crippen LogP contribution in [-0.4, -0.2) is 48.7 Å². The van der Waals surface area contributed by atoms with E-state index in [9.17, 15) is 9.59 Å². The average molecular weight is 462 g/mol. The Labute approximate surface area is 202 Å². The summed E-state index contributed by atoms with van der Waals surface area (Å²) in [6, 6.07) is 16.6. The van der Waals surface area contributed by atoms with Crippen molar-refractivity contribution in [1.82, 2.24) is 4.90 Å². The van der Waals surface area contributed by atoms with Gasteiger partial charge >= 0.3 is 6.09 Å². The van der Waals surface area contributed by atoms with Crippen molar-refractivity contribution in [1.29, 1.82) is 0 Å². The summed E-state index contributed by atoms with van der Waals surface area (Å²) in [4.78, 5) is 28.1. The van der Waals surface area contributed by atoms with E-state index in [2.05, 4.69) is 57.2 Å². The van der Waals surface area contributed by atoms with E-state index in [-0.39, 0.29) is 35.4 Å². The zero-order valence-electron chi connectivity index (χ0n) is 20.5. The molecule has 0 N–H and O–H groups in total. The molecule has 2 aromatic carbocycles. The Kier molecular flexibility index (Phi) is 6.24. The molecule has 0 spiro atoms. The van der Waals surface area contributed by atoms with E-state index in [1.54, 1.807) is 0 Å². The number of hydrogen-bond acceptors (Lipinski definition) is 4. The summed E-state index contributed by atoms with van der Waals surface area (Å²) >= 11 is 0. The Morgan fingerprint density at radius 2 is 1.50 bits per heavy atom. The number of ketones is 1. The van der Waals surface area contributed by atoms with Crippen molar-refractivity contribution in [3.8, 4) is 11.1 Å². The Morgan fingerprint density at radius 3 is 2.06 bits per heavy atom. The van der Waals surface area contributed by atoms with Crippen molar-refractivity contribution in [3.05, 3.63) is 59.7 Å². The minimum Gasteiger partial charge on any atom is -0.448 e. The first-order valence-corrected chi connectivity index (χ1v) is 12.6. The summed E-state index contributed by atoms with van der Waals surface area (Å²) < 4.78 is 11.7. The van der Waals surface area contributed by atoms with Gasteiger partial charge in [-0.05, 0) is 46.9 Å². The first-order chi connectivity index (χ1) is 16.3. The Morgan fingerprint density at radius 1 is 0.941 bits per heavy atom. The van der Waals surface area contributed by atoms with Crippen molar-refractivity contribution in [2.75, 3.05) is 19.8 Å². The zero-order valence-corrected chi connectivity index (χ0v) is 20.5. The van der Waals surface area contributed by atoms with Crippen molar-refractivity contribution in [3.63, 3.8) is 0 Å². The summed E-state index contributed by atoms with van der Waals surface area (Å²) in [6.45, 7) is 7.78. The lowest BCUT2D eigenvalue weighted by molar-refractivity contribution is -0.131. The van der Waals surface area contributed by atoms with Crippen LogP contribution in [0.15, 0.2) is 48.5 Å². The molecule has 3 aliphatic rings. The number of fused-ring (bicyclic) bond motifs is 5. The molecule has 1 amide bonds. The van der Waals surface area contributed by atoms with Crippen molar-refractivity contribution in [2.24, 2.45) is 11.3 Å². The normalized spacial score (nSPS) is 23.9. The van der Waals surface area contributed by atoms with E-state index in [4.69, 9.17) is 9.47 Å². The number of Topliss-reactive ketones (excluding diaryl/α,β-unsaturated/α-hetero) is 1. The highest BCUT2D eigenvalue weighted by atomic mass is 16.6. The molecule has 180 valence electrons. The standard InChI is InChI=1S/C29H35NO4/c1-29(2,3)13-12-27(31)19-14-20-16-33-17-21(15-19)30(20)28(32)34-18-26-24-10-6-4-8-22(24)23-9-5-7-11-25(23)26/h4-11,19-21,26H,12-18H2,1-3H3. The third kappa shape index (κ3) is 4.50. The van der Waals surface area contributed by atoms with Crippen LogP contribution in [0.5, 0.6) is 0 Å². The highest BCUT2D eigenvalue weighted by Gasteiger charge is 2.44. The van der Waals surface area contributed by atoms with E-state index < -0.39 is 0 Å². The van der Waals surface area contributed by atoms with E-state index in [0.717, 1.165) is 6.42 Å². The van der Waals surface area contributed by atoms with Crippen LogP contribution in [0.2, 0.25) is 0 Å². The zero-order chi connectivity index (χ0) is 23.9. The van der Waals surface area contributed by atoms with Crippen LogP contribution in [0.4, 0.5) is 4.79 Å². The summed E-state index contributed by atoms with van der Waals surface area (Å²) in [7, 11) is 0. The molecule has 0 saturated carbocycles. The van der Waals surface area contributed by atoms with Crippen LogP contribution in [0.25, 0.3) is 11.1 Å². The number of piperidine rings is 1. The maximum atomic E-state index is 13.3. The van der Waals surface area contributed by atoms with E-state index in [0.29, 0.717) is 44.9 Å². The molecule has 2 aliphatic heterocycles. The van der Waals surface area contributed by atoms with Crippen molar-refractivity contribution < 1.29 is 19.1 Å². The number of morpholine rings is 1. The van der Waals surface area contributed by atoms with Crippen LogP contribution in [-0.2, 0) is 14.3 Å².